The van der Waals surface area contributed by atoms with Crippen LogP contribution in [0.5, 0.6) is 0 Å². The minimum atomic E-state index is -0.511. The summed E-state index contributed by atoms with van der Waals surface area (Å²) >= 11 is 5.77. The summed E-state index contributed by atoms with van der Waals surface area (Å²) in [6, 6.07) is 3.18. The van der Waals surface area contributed by atoms with Gasteiger partial charge in [0.05, 0.1) is 38.6 Å². The molecule has 6 nitrogen and oxygen atoms in total. The van der Waals surface area contributed by atoms with Crippen molar-refractivity contribution >= 4 is 17.6 Å². The van der Waals surface area contributed by atoms with Gasteiger partial charge >= 0.3 is 5.97 Å². The molecular formula is C13H18ClNO5. The fourth-order valence-corrected chi connectivity index (χ4v) is 1.47. The van der Waals surface area contributed by atoms with Crippen molar-refractivity contribution in [2.24, 2.45) is 0 Å². The Hall–Kier alpha value is -1.21. The van der Waals surface area contributed by atoms with Crippen LogP contribution in [-0.4, -0.2) is 57.7 Å². The summed E-state index contributed by atoms with van der Waals surface area (Å²) in [7, 11) is 1.61. The van der Waals surface area contributed by atoms with Crippen LogP contribution in [0, 0.1) is 0 Å². The first kappa shape index (κ1) is 16.8. The van der Waals surface area contributed by atoms with Crippen molar-refractivity contribution in [1.29, 1.82) is 0 Å². The van der Waals surface area contributed by atoms with Crippen LogP contribution < -0.4 is 0 Å². The molecule has 0 unspecified atom stereocenters. The molecule has 1 aromatic rings. The third kappa shape index (κ3) is 6.81. The van der Waals surface area contributed by atoms with Crippen molar-refractivity contribution in [3.63, 3.8) is 0 Å². The average Bonchev–Trinajstić information content (AvgIpc) is 2.46. The summed E-state index contributed by atoms with van der Waals surface area (Å²) in [5, 5.41) is 0.130. The van der Waals surface area contributed by atoms with Crippen LogP contribution in [0.4, 0.5) is 0 Å². The zero-order valence-corrected chi connectivity index (χ0v) is 12.1. The molecule has 1 aromatic heterocycles. The van der Waals surface area contributed by atoms with E-state index in [1.54, 1.807) is 19.2 Å². The van der Waals surface area contributed by atoms with Crippen LogP contribution in [0.15, 0.2) is 18.3 Å². The van der Waals surface area contributed by atoms with Crippen LogP contribution in [0.25, 0.3) is 0 Å². The largest absolute Gasteiger partial charge is 0.460 e. The van der Waals surface area contributed by atoms with Crippen molar-refractivity contribution in [2.75, 3.05) is 46.8 Å². The monoisotopic (exact) mass is 303 g/mol. The van der Waals surface area contributed by atoms with Gasteiger partial charge in [-0.25, -0.2) is 9.78 Å². The van der Waals surface area contributed by atoms with Crippen molar-refractivity contribution in [3.05, 3.63) is 29.0 Å². The van der Waals surface area contributed by atoms with E-state index in [0.29, 0.717) is 33.0 Å². The fraction of sp³-hybridized carbons (Fsp3) is 0.538. The normalized spacial score (nSPS) is 10.5. The third-order valence-corrected chi connectivity index (χ3v) is 2.54. The molecular weight excluding hydrogens is 286 g/mol. The van der Waals surface area contributed by atoms with E-state index in [1.807, 2.05) is 0 Å². The Morgan fingerprint density at radius 2 is 1.80 bits per heavy atom. The van der Waals surface area contributed by atoms with Crippen molar-refractivity contribution < 1.29 is 23.7 Å². The lowest BCUT2D eigenvalue weighted by atomic mass is 10.3. The van der Waals surface area contributed by atoms with Crippen LogP contribution in [0.3, 0.4) is 0 Å². The van der Waals surface area contributed by atoms with Gasteiger partial charge < -0.3 is 18.9 Å². The second kappa shape index (κ2) is 10.6. The number of nitrogens with zero attached hydrogens (tertiary/aromatic N) is 1. The molecule has 0 spiro atoms. The van der Waals surface area contributed by atoms with E-state index in [-0.39, 0.29) is 17.3 Å². The van der Waals surface area contributed by atoms with E-state index in [0.717, 1.165) is 0 Å². The molecule has 7 heteroatoms. The first-order valence-corrected chi connectivity index (χ1v) is 6.55. The van der Waals surface area contributed by atoms with E-state index in [2.05, 4.69) is 4.98 Å². The Kier molecular flexibility index (Phi) is 8.90. The number of hydrogen-bond acceptors (Lipinski definition) is 6. The fourth-order valence-electron chi connectivity index (χ4n) is 1.27. The van der Waals surface area contributed by atoms with E-state index in [9.17, 15) is 4.79 Å². The standard InChI is InChI=1S/C13H18ClNO5/c1-17-5-6-18-7-8-19-9-10-20-13(16)11-3-2-4-15-12(11)14/h2-4H,5-10H2,1H3. The van der Waals surface area contributed by atoms with Gasteiger partial charge in [0.1, 0.15) is 11.8 Å². The maximum Gasteiger partial charge on any atom is 0.341 e. The predicted octanol–water partition coefficient (Wildman–Crippen LogP) is 1.57. The lowest BCUT2D eigenvalue weighted by Gasteiger charge is -2.07. The van der Waals surface area contributed by atoms with Crippen molar-refractivity contribution in [1.82, 2.24) is 4.98 Å². The molecule has 0 saturated heterocycles. The molecule has 0 aliphatic carbocycles. The number of esters is 1. The highest BCUT2D eigenvalue weighted by atomic mass is 35.5. The summed E-state index contributed by atoms with van der Waals surface area (Å²) < 4.78 is 20.3. The van der Waals surface area contributed by atoms with Gasteiger partial charge in [-0.3, -0.25) is 0 Å². The van der Waals surface area contributed by atoms with Gasteiger partial charge in [0.25, 0.3) is 0 Å². The molecule has 0 aromatic carbocycles. The molecule has 0 aliphatic heterocycles. The number of hydrogen-bond donors (Lipinski definition) is 0. The van der Waals surface area contributed by atoms with Crippen LogP contribution >= 0.6 is 11.6 Å². The SMILES string of the molecule is COCCOCCOCCOC(=O)c1cccnc1Cl. The average molecular weight is 304 g/mol. The van der Waals surface area contributed by atoms with E-state index in [1.165, 1.54) is 6.20 Å². The molecule has 0 fully saturated rings. The first-order valence-electron chi connectivity index (χ1n) is 6.17. The smallest absolute Gasteiger partial charge is 0.341 e. The van der Waals surface area contributed by atoms with Gasteiger partial charge in [0.15, 0.2) is 0 Å². The Morgan fingerprint density at radius 1 is 1.15 bits per heavy atom. The number of rotatable bonds is 10. The lowest BCUT2D eigenvalue weighted by molar-refractivity contribution is 0.00569. The summed E-state index contributed by atoms with van der Waals surface area (Å²) in [6.45, 7) is 2.47. The molecule has 1 rings (SSSR count). The number of halogens is 1. The lowest BCUT2D eigenvalue weighted by Crippen LogP contribution is -2.14. The number of carbonyl (C=O) groups is 1. The van der Waals surface area contributed by atoms with E-state index < -0.39 is 5.97 Å². The molecule has 112 valence electrons. The number of carbonyl (C=O) groups excluding carboxylic acids is 1. The second-order valence-corrected chi connectivity index (χ2v) is 4.05. The summed E-state index contributed by atoms with van der Waals surface area (Å²) in [5.41, 5.74) is 0.247. The summed E-state index contributed by atoms with van der Waals surface area (Å²) in [4.78, 5) is 15.4. The summed E-state index contributed by atoms with van der Waals surface area (Å²) in [5.74, 6) is -0.511. The predicted molar refractivity (Wildman–Crippen MR) is 73.0 cm³/mol. The van der Waals surface area contributed by atoms with Gasteiger partial charge in [-0.2, -0.15) is 0 Å². The maximum atomic E-state index is 11.6. The molecule has 0 atom stereocenters. The molecule has 0 radical (unpaired) electrons. The topological polar surface area (TPSA) is 66.9 Å². The van der Waals surface area contributed by atoms with Gasteiger partial charge in [0.2, 0.25) is 0 Å². The van der Waals surface area contributed by atoms with Crippen molar-refractivity contribution in [3.8, 4) is 0 Å². The minimum Gasteiger partial charge on any atom is -0.460 e. The number of methoxy groups -OCH3 is 1. The van der Waals surface area contributed by atoms with Gasteiger partial charge in [-0.05, 0) is 12.1 Å². The summed E-state index contributed by atoms with van der Waals surface area (Å²) in [6.07, 6.45) is 1.51. The highest BCUT2D eigenvalue weighted by Gasteiger charge is 2.11. The maximum absolute atomic E-state index is 11.6. The number of aromatic nitrogens is 1. The Labute approximate surface area is 122 Å². The Balaban J connectivity index is 2.04. The van der Waals surface area contributed by atoms with Gasteiger partial charge in [-0.1, -0.05) is 11.6 Å². The quantitative estimate of drug-likeness (QED) is 0.371. The van der Waals surface area contributed by atoms with Crippen LogP contribution in [0.2, 0.25) is 5.15 Å². The molecule has 0 saturated carbocycles. The van der Waals surface area contributed by atoms with Gasteiger partial charge in [-0.15, -0.1) is 0 Å². The highest BCUT2D eigenvalue weighted by Crippen LogP contribution is 2.12. The number of pyridine rings is 1. The second-order valence-electron chi connectivity index (χ2n) is 3.70. The molecule has 0 N–H and O–H groups in total. The highest BCUT2D eigenvalue weighted by molar-refractivity contribution is 6.32. The molecule has 1 heterocycles. The number of ether oxygens (including phenoxy) is 4. The van der Waals surface area contributed by atoms with Gasteiger partial charge in [0, 0.05) is 13.3 Å². The molecule has 20 heavy (non-hydrogen) atoms. The molecule has 0 amide bonds. The minimum absolute atomic E-state index is 0.130. The van der Waals surface area contributed by atoms with Crippen LogP contribution in [0.1, 0.15) is 10.4 Å². The van der Waals surface area contributed by atoms with E-state index in [4.69, 9.17) is 30.5 Å². The zero-order valence-electron chi connectivity index (χ0n) is 11.3. The Morgan fingerprint density at radius 3 is 2.45 bits per heavy atom. The third-order valence-electron chi connectivity index (χ3n) is 2.24. The van der Waals surface area contributed by atoms with Crippen molar-refractivity contribution in [2.45, 2.75) is 0 Å². The van der Waals surface area contributed by atoms with Crippen LogP contribution in [-0.2, 0) is 18.9 Å². The Bertz CT molecular complexity index is 402. The molecule has 0 aliphatic rings. The molecule has 0 bridgehead atoms. The first-order chi connectivity index (χ1) is 9.75. The zero-order chi connectivity index (χ0) is 14.6. The van der Waals surface area contributed by atoms with E-state index >= 15 is 0 Å².